The summed E-state index contributed by atoms with van der Waals surface area (Å²) in [6.07, 6.45) is 1.29. The van der Waals surface area contributed by atoms with Gasteiger partial charge in [0.05, 0.1) is 11.6 Å². The molecular formula is C28H31FN2O4S. The van der Waals surface area contributed by atoms with Crippen LogP contribution in [-0.2, 0) is 16.0 Å². The number of rotatable bonds is 10. The van der Waals surface area contributed by atoms with E-state index in [2.05, 4.69) is 0 Å². The van der Waals surface area contributed by atoms with Gasteiger partial charge in [0.15, 0.2) is 0 Å². The SMILES string of the molecule is COCCCN(CC(=O)N1CCc2sccc2C1COc1ccc(C)cc1)C(=O)c1ccccc1F. The Morgan fingerprint density at radius 1 is 1.14 bits per heavy atom. The summed E-state index contributed by atoms with van der Waals surface area (Å²) < 4.78 is 25.6. The number of carbonyl (C=O) groups excluding carboxylic acids is 2. The van der Waals surface area contributed by atoms with Gasteiger partial charge in [-0.3, -0.25) is 9.59 Å². The molecule has 190 valence electrons. The van der Waals surface area contributed by atoms with E-state index in [-0.39, 0.29) is 30.6 Å². The molecule has 36 heavy (non-hydrogen) atoms. The van der Waals surface area contributed by atoms with E-state index >= 15 is 0 Å². The van der Waals surface area contributed by atoms with Crippen LogP contribution in [0.15, 0.2) is 60.0 Å². The summed E-state index contributed by atoms with van der Waals surface area (Å²) >= 11 is 1.68. The van der Waals surface area contributed by atoms with E-state index in [1.807, 2.05) is 42.6 Å². The summed E-state index contributed by atoms with van der Waals surface area (Å²) in [6.45, 7) is 3.44. The Kier molecular flexibility index (Phi) is 8.72. The van der Waals surface area contributed by atoms with Gasteiger partial charge in [0.25, 0.3) is 5.91 Å². The smallest absolute Gasteiger partial charge is 0.257 e. The van der Waals surface area contributed by atoms with Crippen LogP contribution < -0.4 is 4.74 Å². The van der Waals surface area contributed by atoms with Crippen LogP contribution in [0.1, 0.15) is 38.8 Å². The monoisotopic (exact) mass is 510 g/mol. The van der Waals surface area contributed by atoms with E-state index in [9.17, 15) is 14.0 Å². The van der Waals surface area contributed by atoms with E-state index < -0.39 is 11.7 Å². The van der Waals surface area contributed by atoms with Gasteiger partial charge in [0.1, 0.15) is 24.7 Å². The number of aryl methyl sites for hydroxylation is 1. The van der Waals surface area contributed by atoms with Crippen molar-refractivity contribution in [1.29, 1.82) is 0 Å². The number of fused-ring (bicyclic) bond motifs is 1. The molecule has 1 aromatic heterocycles. The maximum atomic E-state index is 14.4. The molecule has 1 atom stereocenters. The molecule has 1 aliphatic rings. The first kappa shape index (κ1) is 25.9. The molecule has 2 amide bonds. The Hall–Kier alpha value is -3.23. The molecule has 0 spiro atoms. The molecule has 4 rings (SSSR count). The Morgan fingerprint density at radius 3 is 2.67 bits per heavy atom. The molecule has 1 unspecified atom stereocenters. The predicted molar refractivity (Wildman–Crippen MR) is 138 cm³/mol. The summed E-state index contributed by atoms with van der Waals surface area (Å²) in [5.41, 5.74) is 2.18. The van der Waals surface area contributed by atoms with Gasteiger partial charge in [-0.25, -0.2) is 4.39 Å². The minimum atomic E-state index is -0.600. The summed E-state index contributed by atoms with van der Waals surface area (Å²) in [5, 5.41) is 2.04. The second-order valence-electron chi connectivity index (χ2n) is 8.83. The number of thiophene rings is 1. The maximum Gasteiger partial charge on any atom is 0.257 e. The van der Waals surface area contributed by atoms with Crippen LogP contribution in [0.2, 0.25) is 0 Å². The quantitative estimate of drug-likeness (QED) is 0.365. The molecule has 6 nitrogen and oxygen atoms in total. The highest BCUT2D eigenvalue weighted by molar-refractivity contribution is 7.10. The molecular weight excluding hydrogens is 479 g/mol. The standard InChI is InChI=1S/C28H31FN2O4S/c1-20-8-10-21(11-9-20)35-19-25-23-13-17-36-26(23)12-15-31(25)27(32)18-30(14-5-16-34-2)28(33)22-6-3-4-7-24(22)29/h3-4,6-11,13,17,25H,5,12,14-16,18-19H2,1-2H3. The van der Waals surface area contributed by atoms with Crippen molar-refractivity contribution in [2.75, 3.05) is 40.0 Å². The third-order valence-corrected chi connectivity index (χ3v) is 7.33. The Labute approximate surface area is 215 Å². The van der Waals surface area contributed by atoms with E-state index in [4.69, 9.17) is 9.47 Å². The fourth-order valence-corrected chi connectivity index (χ4v) is 5.32. The third kappa shape index (κ3) is 6.12. The molecule has 0 fully saturated rings. The molecule has 0 bridgehead atoms. The van der Waals surface area contributed by atoms with Gasteiger partial charge in [0, 0.05) is 31.7 Å². The second-order valence-corrected chi connectivity index (χ2v) is 9.83. The minimum absolute atomic E-state index is 0.0410. The van der Waals surface area contributed by atoms with E-state index in [1.165, 1.54) is 28.0 Å². The van der Waals surface area contributed by atoms with Gasteiger partial charge < -0.3 is 19.3 Å². The fraction of sp³-hybridized carbons (Fsp3) is 0.357. The number of hydrogen-bond donors (Lipinski definition) is 0. The van der Waals surface area contributed by atoms with Crippen LogP contribution in [0.3, 0.4) is 0 Å². The van der Waals surface area contributed by atoms with Crippen molar-refractivity contribution in [1.82, 2.24) is 9.80 Å². The molecule has 8 heteroatoms. The van der Waals surface area contributed by atoms with Gasteiger partial charge in [-0.1, -0.05) is 29.8 Å². The van der Waals surface area contributed by atoms with Gasteiger partial charge in [-0.05, 0) is 61.0 Å². The number of ether oxygens (including phenoxy) is 2. The number of benzene rings is 2. The van der Waals surface area contributed by atoms with Crippen molar-refractivity contribution in [3.05, 3.63) is 87.4 Å². The lowest BCUT2D eigenvalue weighted by atomic mass is 10.00. The molecule has 0 N–H and O–H groups in total. The van der Waals surface area contributed by atoms with Crippen LogP contribution in [0.5, 0.6) is 5.75 Å². The number of hydrogen-bond acceptors (Lipinski definition) is 5. The van der Waals surface area contributed by atoms with E-state index in [1.54, 1.807) is 29.4 Å². The predicted octanol–water partition coefficient (Wildman–Crippen LogP) is 4.88. The largest absolute Gasteiger partial charge is 0.491 e. The molecule has 0 saturated carbocycles. The molecule has 2 heterocycles. The highest BCUT2D eigenvalue weighted by Gasteiger charge is 2.34. The average molecular weight is 511 g/mol. The number of methoxy groups -OCH3 is 1. The van der Waals surface area contributed by atoms with E-state index in [0.717, 1.165) is 23.3 Å². The van der Waals surface area contributed by atoms with Crippen molar-refractivity contribution in [2.45, 2.75) is 25.8 Å². The Morgan fingerprint density at radius 2 is 1.92 bits per heavy atom. The summed E-state index contributed by atoms with van der Waals surface area (Å²) in [5.74, 6) is -0.548. The van der Waals surface area contributed by atoms with E-state index in [0.29, 0.717) is 26.2 Å². The number of nitrogens with zero attached hydrogens (tertiary/aromatic N) is 2. The highest BCUT2D eigenvalue weighted by Crippen LogP contribution is 2.34. The Balaban J connectivity index is 1.52. The molecule has 1 aliphatic heterocycles. The lowest BCUT2D eigenvalue weighted by Crippen LogP contribution is -2.48. The van der Waals surface area contributed by atoms with Crippen molar-refractivity contribution in [3.63, 3.8) is 0 Å². The minimum Gasteiger partial charge on any atom is -0.491 e. The first-order valence-corrected chi connectivity index (χ1v) is 12.9. The molecule has 2 aromatic carbocycles. The zero-order valence-corrected chi connectivity index (χ0v) is 21.4. The normalized spacial score (nSPS) is 14.9. The second kappa shape index (κ2) is 12.1. The van der Waals surface area contributed by atoms with Crippen molar-refractivity contribution >= 4 is 23.2 Å². The van der Waals surface area contributed by atoms with Crippen LogP contribution in [-0.4, -0.2) is 61.6 Å². The van der Waals surface area contributed by atoms with Crippen LogP contribution in [0.4, 0.5) is 4.39 Å². The molecule has 0 radical (unpaired) electrons. The zero-order valence-electron chi connectivity index (χ0n) is 20.6. The lowest BCUT2D eigenvalue weighted by molar-refractivity contribution is -0.135. The van der Waals surface area contributed by atoms with Crippen LogP contribution >= 0.6 is 11.3 Å². The fourth-order valence-electron chi connectivity index (χ4n) is 4.40. The zero-order chi connectivity index (χ0) is 25.5. The summed E-state index contributed by atoms with van der Waals surface area (Å²) in [7, 11) is 1.58. The number of halogens is 1. The van der Waals surface area contributed by atoms with Crippen molar-refractivity contribution in [2.24, 2.45) is 0 Å². The summed E-state index contributed by atoms with van der Waals surface area (Å²) in [4.78, 5) is 31.3. The van der Waals surface area contributed by atoms with Crippen molar-refractivity contribution in [3.8, 4) is 5.75 Å². The highest BCUT2D eigenvalue weighted by atomic mass is 32.1. The number of amides is 2. The Bertz CT molecular complexity index is 1180. The average Bonchev–Trinajstić information content (AvgIpc) is 3.37. The summed E-state index contributed by atoms with van der Waals surface area (Å²) in [6, 6.07) is 15.5. The van der Waals surface area contributed by atoms with Gasteiger partial charge in [0.2, 0.25) is 5.91 Å². The lowest BCUT2D eigenvalue weighted by Gasteiger charge is -2.37. The number of carbonyl (C=O) groups is 2. The van der Waals surface area contributed by atoms with Crippen molar-refractivity contribution < 1.29 is 23.5 Å². The maximum absolute atomic E-state index is 14.4. The van der Waals surface area contributed by atoms with Gasteiger partial charge in [-0.2, -0.15) is 0 Å². The first-order chi connectivity index (χ1) is 17.5. The van der Waals surface area contributed by atoms with Crippen LogP contribution in [0.25, 0.3) is 0 Å². The van der Waals surface area contributed by atoms with Crippen LogP contribution in [0, 0.1) is 12.7 Å². The third-order valence-electron chi connectivity index (χ3n) is 6.34. The topological polar surface area (TPSA) is 59.1 Å². The molecule has 3 aromatic rings. The van der Waals surface area contributed by atoms with Gasteiger partial charge in [-0.15, -0.1) is 11.3 Å². The first-order valence-electron chi connectivity index (χ1n) is 12.1. The molecule has 0 saturated heterocycles. The molecule has 0 aliphatic carbocycles. The van der Waals surface area contributed by atoms with Gasteiger partial charge >= 0.3 is 0 Å².